The lowest BCUT2D eigenvalue weighted by molar-refractivity contribution is -0.160. The molecular formula is C44H81N3O7. The van der Waals surface area contributed by atoms with Crippen LogP contribution in [0, 0.1) is 0 Å². The van der Waals surface area contributed by atoms with Gasteiger partial charge in [-0.05, 0) is 40.0 Å². The number of esters is 2. The van der Waals surface area contributed by atoms with Crippen LogP contribution in [-0.2, 0) is 46.3 Å². The van der Waals surface area contributed by atoms with E-state index in [1.165, 1.54) is 103 Å². The Morgan fingerprint density at radius 3 is 1.69 bits per heavy atom. The molecule has 314 valence electrons. The number of methoxy groups -OCH3 is 1. The van der Waals surface area contributed by atoms with E-state index in [9.17, 15) is 14.4 Å². The Hall–Kier alpha value is -2.33. The van der Waals surface area contributed by atoms with Crippen molar-refractivity contribution in [1.29, 1.82) is 0 Å². The second kappa shape index (κ2) is 32.9. The van der Waals surface area contributed by atoms with E-state index in [0.29, 0.717) is 38.0 Å². The predicted molar refractivity (Wildman–Crippen MR) is 217 cm³/mol. The van der Waals surface area contributed by atoms with E-state index in [0.717, 1.165) is 38.5 Å². The third kappa shape index (κ3) is 28.1. The fourth-order valence-electron chi connectivity index (χ4n) is 6.38. The molecule has 0 bridgehead atoms. The van der Waals surface area contributed by atoms with E-state index in [1.807, 2.05) is 13.8 Å². The predicted octanol–water partition coefficient (Wildman–Crippen LogP) is 10.9. The second-order valence-electron chi connectivity index (χ2n) is 16.0. The number of carbonyl (C=O) groups is 3. The third-order valence-corrected chi connectivity index (χ3v) is 10.4. The molecule has 1 rings (SSSR count). The number of hydrogen-bond donors (Lipinski definition) is 0. The highest BCUT2D eigenvalue weighted by atomic mass is 16.6. The van der Waals surface area contributed by atoms with Crippen molar-refractivity contribution in [3.63, 3.8) is 0 Å². The van der Waals surface area contributed by atoms with Gasteiger partial charge in [0.05, 0.1) is 24.4 Å². The molecule has 10 heteroatoms. The van der Waals surface area contributed by atoms with Crippen molar-refractivity contribution in [2.24, 2.45) is 0 Å². The van der Waals surface area contributed by atoms with Gasteiger partial charge in [0, 0.05) is 39.0 Å². The summed E-state index contributed by atoms with van der Waals surface area (Å²) >= 11 is 0. The number of aryl methyl sites for hydroxylation is 1. The first-order chi connectivity index (χ1) is 26.1. The molecule has 0 saturated carbocycles. The van der Waals surface area contributed by atoms with Gasteiger partial charge in [0.25, 0.3) is 0 Å². The van der Waals surface area contributed by atoms with Crippen LogP contribution in [0.15, 0.2) is 6.20 Å². The Kier molecular flexibility index (Phi) is 30.2. The molecule has 0 radical (unpaired) electrons. The van der Waals surface area contributed by atoms with Gasteiger partial charge in [-0.25, -0.2) is 4.68 Å². The lowest BCUT2D eigenvalue weighted by atomic mass is 10.1. The number of Topliss-reactive ketones (excluding diaryl/α,β-unsaturated/α-hetero) is 1. The average Bonchev–Trinajstić information content (AvgIpc) is 3.60. The summed E-state index contributed by atoms with van der Waals surface area (Å²) in [5, 5.41) is 8.46. The van der Waals surface area contributed by atoms with Gasteiger partial charge in [0.1, 0.15) is 12.7 Å². The SMILES string of the molecule is CCCCCCCCCCCCCC(=O)OCC(Cn1cc(CCC(=O)C(C)OCCC(C)(C)OC)nn1)OC(=O)CCCCCCCCCCCCC. The summed E-state index contributed by atoms with van der Waals surface area (Å²) in [6, 6.07) is 0. The molecule has 54 heavy (non-hydrogen) atoms. The summed E-state index contributed by atoms with van der Waals surface area (Å²) in [6.45, 7) is 10.9. The van der Waals surface area contributed by atoms with Gasteiger partial charge in [-0.3, -0.25) is 14.4 Å². The third-order valence-electron chi connectivity index (χ3n) is 10.4. The number of rotatable bonds is 38. The molecule has 2 atom stereocenters. The van der Waals surface area contributed by atoms with Crippen LogP contribution in [0.3, 0.4) is 0 Å². The maximum atomic E-state index is 12.9. The Bertz CT molecular complexity index is 1080. The number of nitrogens with zero attached hydrogens (tertiary/aromatic N) is 3. The Morgan fingerprint density at radius 1 is 0.704 bits per heavy atom. The molecule has 0 fully saturated rings. The number of hydrogen-bond acceptors (Lipinski definition) is 9. The summed E-state index contributed by atoms with van der Waals surface area (Å²) in [5.41, 5.74) is 0.362. The first-order valence-corrected chi connectivity index (χ1v) is 22.0. The minimum absolute atomic E-state index is 0.00120. The van der Waals surface area contributed by atoms with Gasteiger partial charge in [-0.1, -0.05) is 147 Å². The van der Waals surface area contributed by atoms with Crippen LogP contribution in [-0.4, -0.2) is 70.8 Å². The molecule has 0 aliphatic heterocycles. The minimum atomic E-state index is -0.674. The first-order valence-electron chi connectivity index (χ1n) is 22.0. The molecule has 1 aromatic rings. The molecule has 0 spiro atoms. The quantitative estimate of drug-likeness (QED) is 0.0479. The lowest BCUT2D eigenvalue weighted by Crippen LogP contribution is -2.30. The lowest BCUT2D eigenvalue weighted by Gasteiger charge is -2.23. The highest BCUT2D eigenvalue weighted by Gasteiger charge is 2.21. The van der Waals surface area contributed by atoms with Gasteiger partial charge in [0.2, 0.25) is 0 Å². The zero-order chi connectivity index (χ0) is 39.7. The number of ketones is 1. The molecule has 2 unspecified atom stereocenters. The summed E-state index contributed by atoms with van der Waals surface area (Å²) in [4.78, 5) is 38.2. The van der Waals surface area contributed by atoms with Crippen molar-refractivity contribution in [2.75, 3.05) is 20.3 Å². The van der Waals surface area contributed by atoms with E-state index in [2.05, 4.69) is 24.2 Å². The standard InChI is InChI=1S/C44H81N3O7/c1-7-9-11-13-15-17-19-21-23-25-27-29-42(49)53-37-40(54-43(50)30-28-26-24-22-20-18-16-14-12-10-8-2)36-47-35-39(45-46-47)31-32-41(48)38(3)52-34-33-44(4,5)51-6/h35,38,40H,7-34,36-37H2,1-6H3. The van der Waals surface area contributed by atoms with E-state index >= 15 is 0 Å². The summed E-state index contributed by atoms with van der Waals surface area (Å²) < 4.78 is 24.2. The van der Waals surface area contributed by atoms with Crippen molar-refractivity contribution >= 4 is 17.7 Å². The Morgan fingerprint density at radius 2 is 1.19 bits per heavy atom. The maximum Gasteiger partial charge on any atom is 0.306 e. The molecule has 10 nitrogen and oxygen atoms in total. The van der Waals surface area contributed by atoms with Crippen molar-refractivity contribution in [3.05, 3.63) is 11.9 Å². The van der Waals surface area contributed by atoms with E-state index in [4.69, 9.17) is 18.9 Å². The summed E-state index contributed by atoms with van der Waals surface area (Å²) in [6.07, 6.45) is 29.4. The van der Waals surface area contributed by atoms with Crippen LogP contribution in [0.4, 0.5) is 0 Å². The number of aromatic nitrogens is 3. The van der Waals surface area contributed by atoms with Gasteiger partial charge in [-0.2, -0.15) is 0 Å². The molecule has 0 saturated heterocycles. The average molecular weight is 764 g/mol. The molecule has 0 aliphatic rings. The summed E-state index contributed by atoms with van der Waals surface area (Å²) in [5.74, 6) is -0.554. The van der Waals surface area contributed by atoms with Crippen LogP contribution >= 0.6 is 0 Å². The monoisotopic (exact) mass is 764 g/mol. The fraction of sp³-hybridized carbons (Fsp3) is 0.886. The number of unbranched alkanes of at least 4 members (excludes halogenated alkanes) is 20. The van der Waals surface area contributed by atoms with Gasteiger partial charge in [0.15, 0.2) is 11.9 Å². The van der Waals surface area contributed by atoms with Gasteiger partial charge >= 0.3 is 11.9 Å². The van der Waals surface area contributed by atoms with Crippen molar-refractivity contribution in [2.45, 2.75) is 232 Å². The molecule has 0 aliphatic carbocycles. The largest absolute Gasteiger partial charge is 0.462 e. The molecule has 0 N–H and O–H groups in total. The van der Waals surface area contributed by atoms with Gasteiger partial charge < -0.3 is 18.9 Å². The normalized spacial score (nSPS) is 12.9. The van der Waals surface area contributed by atoms with Crippen molar-refractivity contribution in [1.82, 2.24) is 15.0 Å². The van der Waals surface area contributed by atoms with Crippen LogP contribution in [0.5, 0.6) is 0 Å². The number of carbonyl (C=O) groups excluding carboxylic acids is 3. The maximum absolute atomic E-state index is 12.9. The zero-order valence-electron chi connectivity index (χ0n) is 35.6. The van der Waals surface area contributed by atoms with E-state index in [1.54, 1.807) is 24.9 Å². The van der Waals surface area contributed by atoms with Crippen LogP contribution < -0.4 is 0 Å². The van der Waals surface area contributed by atoms with Crippen LogP contribution in [0.2, 0.25) is 0 Å². The molecule has 0 aromatic carbocycles. The van der Waals surface area contributed by atoms with E-state index in [-0.39, 0.29) is 42.9 Å². The summed E-state index contributed by atoms with van der Waals surface area (Å²) in [7, 11) is 1.67. The first kappa shape index (κ1) is 49.7. The van der Waals surface area contributed by atoms with Crippen molar-refractivity contribution in [3.8, 4) is 0 Å². The smallest absolute Gasteiger partial charge is 0.306 e. The topological polar surface area (TPSA) is 119 Å². The highest BCUT2D eigenvalue weighted by molar-refractivity contribution is 5.82. The Labute approximate surface area is 329 Å². The molecule has 0 amide bonds. The molecule has 1 aromatic heterocycles. The minimum Gasteiger partial charge on any atom is -0.462 e. The zero-order valence-corrected chi connectivity index (χ0v) is 35.6. The fourth-order valence-corrected chi connectivity index (χ4v) is 6.38. The van der Waals surface area contributed by atoms with Crippen molar-refractivity contribution < 1.29 is 33.3 Å². The van der Waals surface area contributed by atoms with Crippen LogP contribution in [0.1, 0.15) is 207 Å². The Balaban J connectivity index is 2.52. The second-order valence-corrected chi connectivity index (χ2v) is 16.0. The molecule has 1 heterocycles. The van der Waals surface area contributed by atoms with Crippen LogP contribution in [0.25, 0.3) is 0 Å². The van der Waals surface area contributed by atoms with E-state index < -0.39 is 12.2 Å². The molecular weight excluding hydrogens is 682 g/mol. The van der Waals surface area contributed by atoms with Gasteiger partial charge in [-0.15, -0.1) is 5.10 Å². The number of ether oxygens (including phenoxy) is 4. The highest BCUT2D eigenvalue weighted by Crippen LogP contribution is 2.16.